The summed E-state index contributed by atoms with van der Waals surface area (Å²) in [5.74, 6) is -0.656. The molecule has 0 unspecified atom stereocenters. The number of primary amides is 1. The minimum Gasteiger partial charge on any atom is -0.354 e. The first kappa shape index (κ1) is 17.5. The molecule has 0 radical (unpaired) electrons. The second kappa shape index (κ2) is 8.67. The topological polar surface area (TPSA) is 84.2 Å². The monoisotopic (exact) mass is 329 g/mol. The van der Waals surface area contributed by atoms with Crippen LogP contribution in [-0.4, -0.2) is 24.5 Å². The van der Waals surface area contributed by atoms with Gasteiger partial charge in [0.2, 0.25) is 5.91 Å². The van der Waals surface area contributed by atoms with Gasteiger partial charge in [0.15, 0.2) is 0 Å². The summed E-state index contributed by atoms with van der Waals surface area (Å²) in [4.78, 5) is 23.4. The lowest BCUT2D eigenvalue weighted by Gasteiger charge is -2.17. The molecule has 0 fully saturated rings. The van der Waals surface area contributed by atoms with E-state index in [0.717, 1.165) is 5.56 Å². The van der Waals surface area contributed by atoms with Crippen molar-refractivity contribution in [1.82, 2.24) is 10.6 Å². The number of halogens is 1. The molecule has 0 aliphatic heterocycles. The van der Waals surface area contributed by atoms with Crippen molar-refractivity contribution in [3.8, 4) is 0 Å². The second-order valence-electron chi connectivity index (χ2n) is 5.38. The average Bonchev–Trinajstić information content (AvgIpc) is 2.56. The minimum absolute atomic E-state index is 0.269. The lowest BCUT2D eigenvalue weighted by molar-refractivity contribution is -0.122. The van der Waals surface area contributed by atoms with E-state index in [1.54, 1.807) is 18.2 Å². The van der Waals surface area contributed by atoms with Gasteiger partial charge in [-0.25, -0.2) is 9.18 Å². The van der Waals surface area contributed by atoms with Gasteiger partial charge in [0.1, 0.15) is 11.9 Å². The number of hydrogen-bond acceptors (Lipinski definition) is 2. The Labute approximate surface area is 140 Å². The highest BCUT2D eigenvalue weighted by atomic mass is 19.1. The van der Waals surface area contributed by atoms with Gasteiger partial charge in [0, 0.05) is 13.0 Å². The molecule has 2 aromatic rings. The molecule has 0 aliphatic rings. The zero-order chi connectivity index (χ0) is 17.4. The molecule has 2 rings (SSSR count). The van der Waals surface area contributed by atoms with E-state index in [1.165, 1.54) is 6.07 Å². The van der Waals surface area contributed by atoms with Crippen LogP contribution in [-0.2, 0) is 17.6 Å². The van der Waals surface area contributed by atoms with Crippen molar-refractivity contribution in [2.24, 2.45) is 5.73 Å². The van der Waals surface area contributed by atoms with E-state index in [4.69, 9.17) is 5.73 Å². The summed E-state index contributed by atoms with van der Waals surface area (Å²) >= 11 is 0. The summed E-state index contributed by atoms with van der Waals surface area (Å²) in [6, 6.07) is 14.2. The molecular formula is C18H20FN3O2. The zero-order valence-corrected chi connectivity index (χ0v) is 13.2. The van der Waals surface area contributed by atoms with Gasteiger partial charge in [-0.3, -0.25) is 4.79 Å². The van der Waals surface area contributed by atoms with Crippen LogP contribution in [0.3, 0.4) is 0 Å². The fourth-order valence-corrected chi connectivity index (χ4v) is 2.38. The molecule has 0 aliphatic carbocycles. The van der Waals surface area contributed by atoms with E-state index >= 15 is 0 Å². The smallest absolute Gasteiger partial charge is 0.312 e. The third-order valence-corrected chi connectivity index (χ3v) is 3.57. The van der Waals surface area contributed by atoms with Crippen LogP contribution in [0.4, 0.5) is 9.18 Å². The van der Waals surface area contributed by atoms with Crippen molar-refractivity contribution in [2.45, 2.75) is 18.9 Å². The third kappa shape index (κ3) is 5.39. The summed E-state index contributed by atoms with van der Waals surface area (Å²) in [7, 11) is 0. The van der Waals surface area contributed by atoms with Crippen molar-refractivity contribution < 1.29 is 14.0 Å². The molecule has 0 spiro atoms. The lowest BCUT2D eigenvalue weighted by atomic mass is 10.1. The molecule has 126 valence electrons. The van der Waals surface area contributed by atoms with E-state index in [0.29, 0.717) is 18.4 Å². The van der Waals surface area contributed by atoms with Crippen LogP contribution in [0.1, 0.15) is 11.1 Å². The number of nitrogens with two attached hydrogens (primary N) is 1. The molecule has 3 amide bonds. The Bertz CT molecular complexity index is 692. The van der Waals surface area contributed by atoms with E-state index in [-0.39, 0.29) is 18.3 Å². The molecule has 1 atom stereocenters. The largest absolute Gasteiger partial charge is 0.354 e. The predicted octanol–water partition coefficient (Wildman–Crippen LogP) is 1.76. The number of rotatable bonds is 7. The molecule has 0 aromatic heterocycles. The molecule has 24 heavy (non-hydrogen) atoms. The van der Waals surface area contributed by atoms with Gasteiger partial charge in [-0.1, -0.05) is 48.5 Å². The van der Waals surface area contributed by atoms with Crippen LogP contribution in [0.15, 0.2) is 54.6 Å². The molecular weight excluding hydrogens is 309 g/mol. The van der Waals surface area contributed by atoms with Gasteiger partial charge in [0.05, 0.1) is 0 Å². The number of carbonyl (C=O) groups excluding carboxylic acids is 2. The number of nitrogens with one attached hydrogen (secondary N) is 2. The highest BCUT2D eigenvalue weighted by Crippen LogP contribution is 2.07. The molecule has 2 aromatic carbocycles. The molecule has 0 bridgehead atoms. The zero-order valence-electron chi connectivity index (χ0n) is 13.2. The summed E-state index contributed by atoms with van der Waals surface area (Å²) in [6.45, 7) is 0.269. The average molecular weight is 329 g/mol. The van der Waals surface area contributed by atoms with Gasteiger partial charge in [-0.15, -0.1) is 0 Å². The molecule has 0 saturated carbocycles. The number of amides is 3. The maximum absolute atomic E-state index is 13.5. The Hall–Kier alpha value is -2.89. The van der Waals surface area contributed by atoms with Crippen LogP contribution in [0.2, 0.25) is 0 Å². The van der Waals surface area contributed by atoms with E-state index in [1.807, 2.05) is 30.3 Å². The number of urea groups is 1. The Morgan fingerprint density at radius 2 is 1.71 bits per heavy atom. The summed E-state index contributed by atoms with van der Waals surface area (Å²) in [6.07, 6.45) is 0.697. The van der Waals surface area contributed by atoms with Gasteiger partial charge >= 0.3 is 6.03 Å². The second-order valence-corrected chi connectivity index (χ2v) is 5.38. The highest BCUT2D eigenvalue weighted by Gasteiger charge is 2.19. The van der Waals surface area contributed by atoms with E-state index < -0.39 is 12.1 Å². The first-order valence-electron chi connectivity index (χ1n) is 7.67. The van der Waals surface area contributed by atoms with Crippen LogP contribution >= 0.6 is 0 Å². The van der Waals surface area contributed by atoms with Gasteiger partial charge in [0.25, 0.3) is 0 Å². The summed E-state index contributed by atoms with van der Waals surface area (Å²) in [5.41, 5.74) is 6.58. The van der Waals surface area contributed by atoms with Crippen molar-refractivity contribution in [3.05, 3.63) is 71.5 Å². The highest BCUT2D eigenvalue weighted by molar-refractivity contribution is 5.86. The fourth-order valence-electron chi connectivity index (χ4n) is 2.38. The Morgan fingerprint density at radius 3 is 2.38 bits per heavy atom. The quantitative estimate of drug-likeness (QED) is 0.723. The van der Waals surface area contributed by atoms with E-state index in [2.05, 4.69) is 10.6 Å². The molecule has 5 nitrogen and oxygen atoms in total. The van der Waals surface area contributed by atoms with Crippen LogP contribution < -0.4 is 16.4 Å². The van der Waals surface area contributed by atoms with Crippen LogP contribution in [0.5, 0.6) is 0 Å². The normalized spacial score (nSPS) is 11.5. The molecule has 0 heterocycles. The molecule has 0 saturated heterocycles. The Morgan fingerprint density at radius 1 is 1.04 bits per heavy atom. The fraction of sp³-hybridized carbons (Fsp3) is 0.222. The standard InChI is InChI=1S/C18H20FN3O2/c19-15-9-5-4-8-14(15)10-11-21-17(23)16(22-18(20)24)12-13-6-2-1-3-7-13/h1-9,16H,10-12H2,(H,21,23)(H3,20,22,24)/t16-/m1/s1. The number of hydrogen-bond donors (Lipinski definition) is 3. The van der Waals surface area contributed by atoms with Gasteiger partial charge in [-0.05, 0) is 23.6 Å². The third-order valence-electron chi connectivity index (χ3n) is 3.57. The summed E-state index contributed by atoms with van der Waals surface area (Å²) < 4.78 is 13.5. The van der Waals surface area contributed by atoms with Gasteiger partial charge < -0.3 is 16.4 Å². The molecule has 6 heteroatoms. The first-order chi connectivity index (χ1) is 11.6. The SMILES string of the molecule is NC(=O)N[C@H](Cc1ccccc1)C(=O)NCCc1ccccc1F. The van der Waals surface area contributed by atoms with Crippen LogP contribution in [0.25, 0.3) is 0 Å². The maximum atomic E-state index is 13.5. The number of carbonyl (C=O) groups is 2. The van der Waals surface area contributed by atoms with Crippen molar-refractivity contribution >= 4 is 11.9 Å². The number of benzene rings is 2. The Kier molecular flexibility index (Phi) is 6.31. The van der Waals surface area contributed by atoms with Gasteiger partial charge in [-0.2, -0.15) is 0 Å². The first-order valence-corrected chi connectivity index (χ1v) is 7.67. The van der Waals surface area contributed by atoms with Crippen molar-refractivity contribution in [1.29, 1.82) is 0 Å². The minimum atomic E-state index is -0.773. The maximum Gasteiger partial charge on any atom is 0.312 e. The van der Waals surface area contributed by atoms with E-state index in [9.17, 15) is 14.0 Å². The molecule has 4 N–H and O–H groups in total. The lowest BCUT2D eigenvalue weighted by Crippen LogP contribution is -2.50. The van der Waals surface area contributed by atoms with Crippen LogP contribution in [0, 0.1) is 5.82 Å². The summed E-state index contributed by atoms with van der Waals surface area (Å²) in [5, 5.41) is 5.15. The van der Waals surface area contributed by atoms with Crippen molar-refractivity contribution in [2.75, 3.05) is 6.54 Å². The van der Waals surface area contributed by atoms with Crippen molar-refractivity contribution in [3.63, 3.8) is 0 Å². The predicted molar refractivity (Wildman–Crippen MR) is 89.8 cm³/mol. The Balaban J connectivity index is 1.92.